The zero-order valence-corrected chi connectivity index (χ0v) is 11.1. The second-order valence-electron chi connectivity index (χ2n) is 4.27. The summed E-state index contributed by atoms with van der Waals surface area (Å²) in [4.78, 5) is 17.6. The van der Waals surface area contributed by atoms with Gasteiger partial charge in [-0.1, -0.05) is 23.2 Å². The van der Waals surface area contributed by atoms with E-state index in [1.54, 1.807) is 0 Å². The summed E-state index contributed by atoms with van der Waals surface area (Å²) < 4.78 is 0. The number of hydrogen-bond donors (Lipinski definition) is 2. The Labute approximate surface area is 115 Å². The Hall–Kier alpha value is -0.880. The number of aliphatic hydroxyl groups excluding tert-OH is 1. The highest BCUT2D eigenvalue weighted by Crippen LogP contribution is 2.22. The maximum atomic E-state index is 11.7. The minimum absolute atomic E-state index is 0.169. The highest BCUT2D eigenvalue weighted by Gasteiger charge is 2.27. The molecule has 2 rings (SSSR count). The van der Waals surface area contributed by atoms with Gasteiger partial charge in [0.25, 0.3) is 0 Å². The minimum atomic E-state index is -0.178. The van der Waals surface area contributed by atoms with Crippen LogP contribution < -0.4 is 5.32 Å². The molecule has 0 radical (unpaired) electrons. The first-order valence-corrected chi connectivity index (χ1v) is 6.28. The molecule has 0 unspecified atom stereocenters. The van der Waals surface area contributed by atoms with Crippen LogP contribution in [0.1, 0.15) is 0 Å². The van der Waals surface area contributed by atoms with Crippen molar-refractivity contribution in [2.24, 2.45) is 5.92 Å². The Bertz CT molecular complexity index is 450. The molecular weight excluding hydrogens is 277 g/mol. The fourth-order valence-corrected chi connectivity index (χ4v) is 2.23. The van der Waals surface area contributed by atoms with E-state index in [-0.39, 0.29) is 25.0 Å². The third-order valence-electron chi connectivity index (χ3n) is 2.72. The van der Waals surface area contributed by atoms with Gasteiger partial charge in [-0.2, -0.15) is 0 Å². The molecule has 5 nitrogen and oxygen atoms in total. The topological polar surface area (TPSA) is 65.5 Å². The van der Waals surface area contributed by atoms with Crippen molar-refractivity contribution < 1.29 is 9.90 Å². The van der Waals surface area contributed by atoms with E-state index in [4.69, 9.17) is 28.3 Å². The quantitative estimate of drug-likeness (QED) is 0.876. The van der Waals surface area contributed by atoms with Gasteiger partial charge in [0.2, 0.25) is 5.91 Å². The SMILES string of the molecule is O=C(CN1CC(CO)C1)Nc1ncc(Cl)cc1Cl. The molecule has 1 saturated heterocycles. The lowest BCUT2D eigenvalue weighted by atomic mass is 10.0. The van der Waals surface area contributed by atoms with Crippen LogP contribution in [0, 0.1) is 5.92 Å². The van der Waals surface area contributed by atoms with Crippen LogP contribution in [0.25, 0.3) is 0 Å². The number of aromatic nitrogens is 1. The van der Waals surface area contributed by atoms with Crippen molar-refractivity contribution >= 4 is 34.9 Å². The lowest BCUT2D eigenvalue weighted by Crippen LogP contribution is -2.51. The van der Waals surface area contributed by atoms with Gasteiger partial charge in [0.1, 0.15) is 0 Å². The average Bonchev–Trinajstić information content (AvgIpc) is 2.27. The van der Waals surface area contributed by atoms with Crippen LogP contribution in [0.5, 0.6) is 0 Å². The maximum absolute atomic E-state index is 11.7. The van der Waals surface area contributed by atoms with Gasteiger partial charge in [-0.3, -0.25) is 9.69 Å². The molecule has 2 heterocycles. The molecule has 1 fully saturated rings. The van der Waals surface area contributed by atoms with Gasteiger partial charge in [0, 0.05) is 31.8 Å². The van der Waals surface area contributed by atoms with E-state index in [0.29, 0.717) is 15.9 Å². The summed E-state index contributed by atoms with van der Waals surface area (Å²) in [6.45, 7) is 1.93. The van der Waals surface area contributed by atoms with Crippen molar-refractivity contribution in [3.8, 4) is 0 Å². The van der Waals surface area contributed by atoms with Crippen LogP contribution >= 0.6 is 23.2 Å². The zero-order chi connectivity index (χ0) is 13.1. The second kappa shape index (κ2) is 5.84. The van der Waals surface area contributed by atoms with E-state index in [2.05, 4.69) is 10.3 Å². The number of carbonyl (C=O) groups excluding carboxylic acids is 1. The van der Waals surface area contributed by atoms with Crippen LogP contribution in [0.2, 0.25) is 10.0 Å². The van der Waals surface area contributed by atoms with E-state index in [9.17, 15) is 4.79 Å². The van der Waals surface area contributed by atoms with E-state index >= 15 is 0 Å². The summed E-state index contributed by atoms with van der Waals surface area (Å²) in [5, 5.41) is 12.2. The van der Waals surface area contributed by atoms with Crippen molar-refractivity contribution in [2.75, 3.05) is 31.6 Å². The molecule has 0 spiro atoms. The molecule has 1 amide bonds. The molecule has 1 aliphatic rings. The Morgan fingerprint density at radius 3 is 2.89 bits per heavy atom. The number of pyridine rings is 1. The van der Waals surface area contributed by atoms with Crippen molar-refractivity contribution in [3.63, 3.8) is 0 Å². The predicted octanol–water partition coefficient (Wildman–Crippen LogP) is 1.25. The molecule has 0 bridgehead atoms. The van der Waals surface area contributed by atoms with Gasteiger partial charge < -0.3 is 10.4 Å². The van der Waals surface area contributed by atoms with Crippen LogP contribution in [-0.2, 0) is 4.79 Å². The number of likely N-dealkylation sites (tertiary alicyclic amines) is 1. The number of nitrogens with one attached hydrogen (secondary N) is 1. The smallest absolute Gasteiger partial charge is 0.239 e. The normalized spacial score (nSPS) is 16.4. The van der Waals surface area contributed by atoms with Gasteiger partial charge in [-0.25, -0.2) is 4.98 Å². The van der Waals surface area contributed by atoms with E-state index < -0.39 is 0 Å². The van der Waals surface area contributed by atoms with Gasteiger partial charge >= 0.3 is 0 Å². The fourth-order valence-electron chi connectivity index (χ4n) is 1.80. The number of anilines is 1. The van der Waals surface area contributed by atoms with Gasteiger partial charge in [0.05, 0.1) is 16.6 Å². The number of hydrogen-bond acceptors (Lipinski definition) is 4. The third kappa shape index (κ3) is 3.32. The number of rotatable bonds is 4. The molecule has 1 aliphatic heterocycles. The summed E-state index contributed by atoms with van der Waals surface area (Å²) in [6.07, 6.45) is 1.43. The van der Waals surface area contributed by atoms with Gasteiger partial charge in [-0.05, 0) is 6.07 Å². The van der Waals surface area contributed by atoms with Crippen molar-refractivity contribution in [2.45, 2.75) is 0 Å². The molecule has 0 saturated carbocycles. The highest BCUT2D eigenvalue weighted by molar-refractivity contribution is 6.36. The lowest BCUT2D eigenvalue weighted by molar-refractivity contribution is -0.119. The van der Waals surface area contributed by atoms with Gasteiger partial charge in [-0.15, -0.1) is 0 Å². The van der Waals surface area contributed by atoms with Crippen molar-refractivity contribution in [1.82, 2.24) is 9.88 Å². The first kappa shape index (κ1) is 13.5. The highest BCUT2D eigenvalue weighted by atomic mass is 35.5. The standard InChI is InChI=1S/C11H13Cl2N3O2/c12-8-1-9(13)11(14-2-8)15-10(18)5-16-3-7(4-16)6-17/h1-2,7,17H,3-6H2,(H,14,15,18). The van der Waals surface area contributed by atoms with Crippen molar-refractivity contribution in [3.05, 3.63) is 22.3 Å². The summed E-state index contributed by atoms with van der Waals surface area (Å²) >= 11 is 11.6. The van der Waals surface area contributed by atoms with Crippen molar-refractivity contribution in [1.29, 1.82) is 0 Å². The molecule has 7 heteroatoms. The van der Waals surface area contributed by atoms with Crippen LogP contribution in [0.15, 0.2) is 12.3 Å². The number of amides is 1. The Kier molecular flexibility index (Phi) is 4.40. The maximum Gasteiger partial charge on any atom is 0.239 e. The molecule has 2 N–H and O–H groups in total. The molecule has 1 aromatic heterocycles. The summed E-state index contributed by atoms with van der Waals surface area (Å²) in [7, 11) is 0. The largest absolute Gasteiger partial charge is 0.396 e. The average molecular weight is 290 g/mol. The second-order valence-corrected chi connectivity index (χ2v) is 5.12. The van der Waals surface area contributed by atoms with Crippen LogP contribution in [0.3, 0.4) is 0 Å². The monoisotopic (exact) mass is 289 g/mol. The summed E-state index contributed by atoms with van der Waals surface area (Å²) in [5.41, 5.74) is 0. The number of halogens is 2. The molecule has 18 heavy (non-hydrogen) atoms. The van der Waals surface area contributed by atoms with E-state index in [1.807, 2.05) is 4.90 Å². The molecular formula is C11H13Cl2N3O2. The Balaban J connectivity index is 1.84. The number of carbonyl (C=O) groups is 1. The first-order chi connectivity index (χ1) is 8.58. The number of nitrogens with zero attached hydrogens (tertiary/aromatic N) is 2. The molecule has 1 aromatic rings. The fraction of sp³-hybridized carbons (Fsp3) is 0.455. The summed E-state index contributed by atoms with van der Waals surface area (Å²) in [5.74, 6) is 0.420. The molecule has 0 atom stereocenters. The molecule has 98 valence electrons. The Morgan fingerprint density at radius 2 is 2.28 bits per heavy atom. The van der Waals surface area contributed by atoms with Crippen LogP contribution in [-0.4, -0.2) is 47.1 Å². The predicted molar refractivity (Wildman–Crippen MR) is 69.9 cm³/mol. The molecule has 0 aliphatic carbocycles. The number of aliphatic hydroxyl groups is 1. The third-order valence-corrected chi connectivity index (χ3v) is 3.22. The molecule has 0 aromatic carbocycles. The zero-order valence-electron chi connectivity index (χ0n) is 9.57. The minimum Gasteiger partial charge on any atom is -0.396 e. The summed E-state index contributed by atoms with van der Waals surface area (Å²) in [6, 6.07) is 1.52. The Morgan fingerprint density at radius 1 is 1.56 bits per heavy atom. The lowest BCUT2D eigenvalue weighted by Gasteiger charge is -2.37. The first-order valence-electron chi connectivity index (χ1n) is 5.52. The van der Waals surface area contributed by atoms with Gasteiger partial charge in [0.15, 0.2) is 5.82 Å². The van der Waals surface area contributed by atoms with Crippen LogP contribution in [0.4, 0.5) is 5.82 Å². The van der Waals surface area contributed by atoms with E-state index in [0.717, 1.165) is 13.1 Å². The van der Waals surface area contributed by atoms with E-state index in [1.165, 1.54) is 12.3 Å².